The van der Waals surface area contributed by atoms with Crippen molar-refractivity contribution in [3.8, 4) is 11.5 Å². The Morgan fingerprint density at radius 2 is 1.46 bits per heavy atom. The molecule has 46 heavy (non-hydrogen) atoms. The molecule has 240 valence electrons. The summed E-state index contributed by atoms with van der Waals surface area (Å²) in [6, 6.07) is 27.9. The third-order valence-corrected chi connectivity index (χ3v) is 9.43. The summed E-state index contributed by atoms with van der Waals surface area (Å²) >= 11 is 6.15. The fourth-order valence-electron chi connectivity index (χ4n) is 5.16. The number of rotatable bonds is 12. The Kier molecular flexibility index (Phi) is 10.5. The summed E-state index contributed by atoms with van der Waals surface area (Å²) in [5.41, 5.74) is 1.80. The van der Waals surface area contributed by atoms with Gasteiger partial charge in [-0.3, -0.25) is 13.9 Å². The molecule has 11 heteroatoms. The van der Waals surface area contributed by atoms with Crippen molar-refractivity contribution < 1.29 is 27.5 Å². The fourth-order valence-corrected chi connectivity index (χ4v) is 6.71. The van der Waals surface area contributed by atoms with Crippen molar-refractivity contribution in [1.29, 1.82) is 0 Å². The lowest BCUT2D eigenvalue weighted by Crippen LogP contribution is -2.54. The average molecular weight is 662 g/mol. The van der Waals surface area contributed by atoms with E-state index in [-0.39, 0.29) is 35.5 Å². The van der Waals surface area contributed by atoms with E-state index < -0.39 is 28.5 Å². The van der Waals surface area contributed by atoms with Crippen LogP contribution >= 0.6 is 11.6 Å². The monoisotopic (exact) mass is 661 g/mol. The van der Waals surface area contributed by atoms with Crippen molar-refractivity contribution in [3.63, 3.8) is 0 Å². The fraction of sp³-hybridized carbons (Fsp3) is 0.257. The first kappa shape index (κ1) is 32.8. The lowest BCUT2D eigenvalue weighted by atomic mass is 10.0. The zero-order chi connectivity index (χ0) is 32.7. The van der Waals surface area contributed by atoms with Gasteiger partial charge in [-0.15, -0.1) is 0 Å². The Morgan fingerprint density at radius 3 is 2.11 bits per heavy atom. The van der Waals surface area contributed by atoms with Gasteiger partial charge < -0.3 is 19.7 Å². The van der Waals surface area contributed by atoms with Crippen LogP contribution < -0.4 is 19.1 Å². The van der Waals surface area contributed by atoms with Crippen LogP contribution in [-0.2, 0) is 32.6 Å². The van der Waals surface area contributed by atoms with E-state index in [1.807, 2.05) is 44.2 Å². The Morgan fingerprint density at radius 1 is 0.826 bits per heavy atom. The molecule has 0 radical (unpaired) electrons. The first-order valence-electron chi connectivity index (χ1n) is 15.0. The minimum absolute atomic E-state index is 0.0142. The molecule has 0 saturated heterocycles. The molecule has 0 aliphatic carbocycles. The van der Waals surface area contributed by atoms with Gasteiger partial charge in [-0.25, -0.2) is 8.42 Å². The second-order valence-corrected chi connectivity index (χ2v) is 13.5. The Balaban J connectivity index is 1.58. The molecule has 1 N–H and O–H groups in total. The molecule has 4 aromatic carbocycles. The summed E-state index contributed by atoms with van der Waals surface area (Å²) in [5, 5.41) is 3.48. The van der Waals surface area contributed by atoms with Crippen LogP contribution in [0.25, 0.3) is 0 Å². The van der Waals surface area contributed by atoms with Crippen LogP contribution in [0.4, 0.5) is 5.69 Å². The molecule has 0 bridgehead atoms. The standard InChI is InChI=1S/C35H36ClN3O6S/c1-25(2)37-35(41)31(21-26-9-5-3-6-10-26)38(23-27-13-15-28(36)16-14-27)34(40)24-39(46(42,43)30-11-7-4-8-12-30)29-17-18-32-33(22-29)45-20-19-44-32/h3-18,22,25,31H,19-21,23-24H2,1-2H3,(H,37,41)/t31-/m1/s1. The Bertz CT molecular complexity index is 1750. The van der Waals surface area contributed by atoms with Gasteiger partial charge in [0.05, 0.1) is 10.6 Å². The van der Waals surface area contributed by atoms with Crippen LogP contribution in [-0.4, -0.2) is 57.0 Å². The number of halogens is 1. The van der Waals surface area contributed by atoms with Gasteiger partial charge in [0.2, 0.25) is 11.8 Å². The van der Waals surface area contributed by atoms with E-state index in [0.29, 0.717) is 29.7 Å². The van der Waals surface area contributed by atoms with E-state index in [0.717, 1.165) is 15.4 Å². The SMILES string of the molecule is CC(C)NC(=O)[C@@H](Cc1ccccc1)N(Cc1ccc(Cl)cc1)C(=O)CN(c1ccc2c(c1)OCCO2)S(=O)(=O)c1ccccc1. The maximum absolute atomic E-state index is 14.5. The number of ether oxygens (including phenoxy) is 2. The van der Waals surface area contributed by atoms with Crippen LogP contribution in [0.3, 0.4) is 0 Å². The molecule has 9 nitrogen and oxygen atoms in total. The van der Waals surface area contributed by atoms with E-state index >= 15 is 0 Å². The molecule has 2 amide bonds. The third kappa shape index (κ3) is 7.99. The van der Waals surface area contributed by atoms with Crippen LogP contribution in [0.5, 0.6) is 11.5 Å². The number of nitrogens with zero attached hydrogens (tertiary/aromatic N) is 2. The largest absolute Gasteiger partial charge is 0.486 e. The van der Waals surface area contributed by atoms with Crippen LogP contribution in [0.1, 0.15) is 25.0 Å². The molecule has 0 aromatic heterocycles. The highest BCUT2D eigenvalue weighted by molar-refractivity contribution is 7.92. The highest BCUT2D eigenvalue weighted by atomic mass is 35.5. The number of benzene rings is 4. The zero-order valence-electron chi connectivity index (χ0n) is 25.6. The molecule has 1 heterocycles. The minimum atomic E-state index is -4.24. The molecule has 1 aliphatic heterocycles. The summed E-state index contributed by atoms with van der Waals surface area (Å²) in [7, 11) is -4.24. The van der Waals surface area contributed by atoms with Crippen molar-refractivity contribution in [2.45, 2.75) is 43.8 Å². The molecule has 1 aliphatic rings. The summed E-state index contributed by atoms with van der Waals surface area (Å²) in [5.74, 6) is -0.0566. The van der Waals surface area contributed by atoms with Gasteiger partial charge in [0.25, 0.3) is 10.0 Å². The number of carbonyl (C=O) groups excluding carboxylic acids is 2. The summed E-state index contributed by atoms with van der Waals surface area (Å²) in [6.07, 6.45) is 0.216. The number of hydrogen-bond donors (Lipinski definition) is 1. The first-order valence-corrected chi connectivity index (χ1v) is 16.8. The highest BCUT2D eigenvalue weighted by Gasteiger charge is 2.35. The Hall–Kier alpha value is -4.54. The van der Waals surface area contributed by atoms with Gasteiger partial charge in [0.15, 0.2) is 11.5 Å². The second kappa shape index (κ2) is 14.7. The molecule has 1 atom stereocenters. The van der Waals surface area contributed by atoms with Crippen molar-refractivity contribution in [2.24, 2.45) is 0 Å². The number of carbonyl (C=O) groups is 2. The lowest BCUT2D eigenvalue weighted by molar-refractivity contribution is -0.140. The average Bonchev–Trinajstić information content (AvgIpc) is 3.06. The lowest BCUT2D eigenvalue weighted by Gasteiger charge is -2.34. The van der Waals surface area contributed by atoms with E-state index in [1.54, 1.807) is 60.7 Å². The van der Waals surface area contributed by atoms with Gasteiger partial charge in [0, 0.05) is 30.1 Å². The molecule has 0 saturated carbocycles. The number of anilines is 1. The maximum Gasteiger partial charge on any atom is 0.264 e. The normalized spacial score (nSPS) is 13.1. The van der Waals surface area contributed by atoms with E-state index in [9.17, 15) is 18.0 Å². The summed E-state index contributed by atoms with van der Waals surface area (Å²) in [6.45, 7) is 3.83. The van der Waals surface area contributed by atoms with E-state index in [1.165, 1.54) is 17.0 Å². The summed E-state index contributed by atoms with van der Waals surface area (Å²) < 4.78 is 40.8. The maximum atomic E-state index is 14.5. The van der Waals surface area contributed by atoms with Gasteiger partial charge in [0.1, 0.15) is 25.8 Å². The number of hydrogen-bond acceptors (Lipinski definition) is 6. The van der Waals surface area contributed by atoms with Crippen molar-refractivity contribution in [3.05, 3.63) is 119 Å². The number of nitrogens with one attached hydrogen (secondary N) is 1. The van der Waals surface area contributed by atoms with Crippen molar-refractivity contribution >= 4 is 39.1 Å². The van der Waals surface area contributed by atoms with Crippen molar-refractivity contribution in [1.82, 2.24) is 10.2 Å². The molecule has 0 unspecified atom stereocenters. The molecule has 4 aromatic rings. The molecule has 5 rings (SSSR count). The van der Waals surface area contributed by atoms with Crippen LogP contribution in [0, 0.1) is 0 Å². The van der Waals surface area contributed by atoms with Gasteiger partial charge in [-0.1, -0.05) is 72.3 Å². The van der Waals surface area contributed by atoms with Crippen LogP contribution in [0.15, 0.2) is 108 Å². The minimum Gasteiger partial charge on any atom is -0.486 e. The number of fused-ring (bicyclic) bond motifs is 1. The number of amides is 2. The quantitative estimate of drug-likeness (QED) is 0.216. The molecule has 0 spiro atoms. The third-order valence-electron chi connectivity index (χ3n) is 7.39. The highest BCUT2D eigenvalue weighted by Crippen LogP contribution is 2.36. The topological polar surface area (TPSA) is 105 Å². The molecular formula is C35H36ClN3O6S. The number of sulfonamides is 1. The van der Waals surface area contributed by atoms with Gasteiger partial charge in [-0.05, 0) is 61.4 Å². The zero-order valence-corrected chi connectivity index (χ0v) is 27.2. The van der Waals surface area contributed by atoms with Gasteiger partial charge >= 0.3 is 0 Å². The predicted molar refractivity (Wildman–Crippen MR) is 178 cm³/mol. The van der Waals surface area contributed by atoms with Crippen LogP contribution in [0.2, 0.25) is 5.02 Å². The molecular weight excluding hydrogens is 626 g/mol. The molecule has 0 fully saturated rings. The van der Waals surface area contributed by atoms with E-state index in [2.05, 4.69) is 5.32 Å². The second-order valence-electron chi connectivity index (χ2n) is 11.2. The first-order chi connectivity index (χ1) is 22.1. The smallest absolute Gasteiger partial charge is 0.264 e. The van der Waals surface area contributed by atoms with E-state index in [4.69, 9.17) is 21.1 Å². The predicted octanol–water partition coefficient (Wildman–Crippen LogP) is 5.47. The van der Waals surface area contributed by atoms with Gasteiger partial charge in [-0.2, -0.15) is 0 Å². The van der Waals surface area contributed by atoms with Crippen molar-refractivity contribution in [2.75, 3.05) is 24.1 Å². The Labute approximate surface area is 274 Å². The summed E-state index contributed by atoms with van der Waals surface area (Å²) in [4.78, 5) is 29.8.